The lowest BCUT2D eigenvalue weighted by molar-refractivity contribution is 0.0724. The smallest absolute Gasteiger partial charge is 0.343 e. The van der Waals surface area contributed by atoms with Crippen LogP contribution in [0.25, 0.3) is 33.4 Å². The van der Waals surface area contributed by atoms with Gasteiger partial charge in [0.2, 0.25) is 5.75 Å². The van der Waals surface area contributed by atoms with Gasteiger partial charge in [-0.2, -0.15) is 0 Å². The van der Waals surface area contributed by atoms with E-state index >= 15 is 0 Å². The van der Waals surface area contributed by atoms with Crippen molar-refractivity contribution in [2.75, 3.05) is 19.8 Å². The lowest BCUT2D eigenvalue weighted by atomic mass is 9.99. The van der Waals surface area contributed by atoms with E-state index in [0.29, 0.717) is 76.9 Å². The highest BCUT2D eigenvalue weighted by atomic mass is 28.4. The molecule has 0 heterocycles. The summed E-state index contributed by atoms with van der Waals surface area (Å²) in [6.07, 6.45) is 37.0. The van der Waals surface area contributed by atoms with E-state index in [2.05, 4.69) is 73.7 Å². The Bertz CT molecular complexity index is 3400. The van der Waals surface area contributed by atoms with Crippen LogP contribution in [0.3, 0.4) is 0 Å². The van der Waals surface area contributed by atoms with E-state index in [1.807, 2.05) is 72.8 Å². The molecule has 0 spiro atoms. The molecule has 0 saturated carbocycles. The fourth-order valence-electron chi connectivity index (χ4n) is 12.4. The Balaban J connectivity index is 0.919. The Kier molecular flexibility index (Phi) is 35.0. The summed E-state index contributed by atoms with van der Waals surface area (Å²) in [7, 11) is -2.04. The van der Waals surface area contributed by atoms with Crippen molar-refractivity contribution < 1.29 is 47.2 Å². The van der Waals surface area contributed by atoms with E-state index in [-0.39, 0.29) is 5.04 Å². The number of ether oxygens (including phenoxy) is 6. The van der Waals surface area contributed by atoms with E-state index in [4.69, 9.17) is 32.8 Å². The molecule has 7 rings (SSSR count). The van der Waals surface area contributed by atoms with E-state index in [1.54, 1.807) is 72.8 Å². The molecule has 0 bridgehead atoms. The van der Waals surface area contributed by atoms with Crippen molar-refractivity contribution in [1.29, 1.82) is 0 Å². The third-order valence-electron chi connectivity index (χ3n) is 20.2. The van der Waals surface area contributed by atoms with Gasteiger partial charge in [0.25, 0.3) is 8.32 Å². The second kappa shape index (κ2) is 43.9. The zero-order valence-corrected chi connectivity index (χ0v) is 63.5. The van der Waals surface area contributed by atoms with Crippen molar-refractivity contribution >= 4 is 26.2 Å². The summed E-state index contributed by atoms with van der Waals surface area (Å²) >= 11 is 0. The molecular formula is C89H120O10Si. The zero-order chi connectivity index (χ0) is 71.2. The van der Waals surface area contributed by atoms with Gasteiger partial charge in [-0.1, -0.05) is 295 Å². The van der Waals surface area contributed by atoms with Crippen molar-refractivity contribution in [2.24, 2.45) is 5.92 Å². The first-order valence-electron chi connectivity index (χ1n) is 38.6. The number of rotatable bonds is 49. The van der Waals surface area contributed by atoms with Gasteiger partial charge in [0.05, 0.1) is 36.5 Å². The van der Waals surface area contributed by atoms with Gasteiger partial charge in [-0.25, -0.2) is 14.4 Å². The van der Waals surface area contributed by atoms with Crippen LogP contribution in [-0.2, 0) is 0 Å². The number of carbonyl (C=O) groups excluding carboxylic acids is 3. The normalized spacial score (nSPS) is 11.6. The molecule has 0 aliphatic carbocycles. The SMILES string of the molecule is CCCCCCCCCCCCOc1cc(C(=O)Oc2ccc(-c3ccc(OC(=O)c4ccc(-c5ccc(OC(=O)c6ccc(-c7ccc(O[Si](C)(C)C(C)(C)C(C)C)cc7)cc6)cc5)cc4)cc3)cc2)cc(OCCCCCCCCCCCC)c1OCCCCCCCCCCCC. The van der Waals surface area contributed by atoms with E-state index in [0.717, 1.165) is 77.7 Å². The molecule has 0 amide bonds. The quantitative estimate of drug-likeness (QED) is 0.0158. The highest BCUT2D eigenvalue weighted by Crippen LogP contribution is 2.45. The van der Waals surface area contributed by atoms with Crippen LogP contribution >= 0.6 is 0 Å². The predicted molar refractivity (Wildman–Crippen MR) is 416 cm³/mol. The fraction of sp³-hybridized carbons (Fsp3) is 0.494. The average molecular weight is 1380 g/mol. The van der Waals surface area contributed by atoms with Gasteiger partial charge >= 0.3 is 17.9 Å². The average Bonchev–Trinajstić information content (AvgIpc) is 0.788. The fourth-order valence-corrected chi connectivity index (χ4v) is 14.8. The highest BCUT2D eigenvalue weighted by molar-refractivity contribution is 6.75. The van der Waals surface area contributed by atoms with Crippen molar-refractivity contribution in [1.82, 2.24) is 0 Å². The maximum atomic E-state index is 14.2. The minimum Gasteiger partial charge on any atom is -0.543 e. The molecule has 7 aromatic rings. The summed E-state index contributed by atoms with van der Waals surface area (Å²) in [6.45, 7) is 22.1. The van der Waals surface area contributed by atoms with E-state index in [1.165, 1.54) is 154 Å². The van der Waals surface area contributed by atoms with Crippen LogP contribution in [0.15, 0.2) is 158 Å². The molecule has 0 aliphatic heterocycles. The second-order valence-electron chi connectivity index (χ2n) is 28.8. The molecule has 100 heavy (non-hydrogen) atoms. The first-order valence-corrected chi connectivity index (χ1v) is 41.5. The lowest BCUT2D eigenvalue weighted by Crippen LogP contribution is -2.47. The van der Waals surface area contributed by atoms with Crippen LogP contribution in [0, 0.1) is 5.92 Å². The first-order chi connectivity index (χ1) is 48.6. The monoisotopic (exact) mass is 1380 g/mol. The molecule has 0 atom stereocenters. The number of carbonyl (C=O) groups is 3. The number of hydrogen-bond acceptors (Lipinski definition) is 10. The molecule has 0 unspecified atom stereocenters. The Morgan fingerprint density at radius 1 is 0.320 bits per heavy atom. The molecule has 7 aromatic carbocycles. The standard InChI is InChI=1S/C89H120O10Si/c1-10-13-16-19-22-25-28-31-34-37-64-93-83-67-78(68-84(94-65-38-35-32-29-26-23-20-17-14-11-2)85(83)95-66-39-36-33-30-27-24-21-18-15-12-3)88(92)98-81-60-52-74(53-61-81)73-50-58-80(59-51-73)97-86(90)76-44-40-70(41-45-76)72-48-56-79(57-49-72)96-87(91)77-46-42-71(43-47-77)75-54-62-82(63-55-75)99-100(8,9)89(6,7)69(4)5/h40-63,67-69H,10-39,64-66H2,1-9H3. The van der Waals surface area contributed by atoms with Crippen LogP contribution < -0.4 is 32.8 Å². The summed E-state index contributed by atoms with van der Waals surface area (Å²) in [6, 6.07) is 48.4. The number of unbranched alkanes of at least 4 members (excludes halogenated alkanes) is 27. The van der Waals surface area contributed by atoms with Crippen LogP contribution in [0.4, 0.5) is 0 Å². The topological polar surface area (TPSA) is 116 Å². The molecule has 540 valence electrons. The number of benzene rings is 7. The first kappa shape index (κ1) is 79.7. The molecule has 0 radical (unpaired) electrons. The molecule has 0 fully saturated rings. The van der Waals surface area contributed by atoms with Gasteiger partial charge in [0, 0.05) is 0 Å². The molecule has 10 nitrogen and oxygen atoms in total. The molecule has 0 aliphatic rings. The Hall–Kier alpha value is -7.63. The molecule has 0 saturated heterocycles. The van der Waals surface area contributed by atoms with Gasteiger partial charge in [-0.3, -0.25) is 0 Å². The van der Waals surface area contributed by atoms with Crippen molar-refractivity contribution in [3.05, 3.63) is 174 Å². The van der Waals surface area contributed by atoms with Gasteiger partial charge in [0.15, 0.2) is 11.5 Å². The summed E-state index contributed by atoms with van der Waals surface area (Å²) in [5.74, 6) is 2.80. The third kappa shape index (κ3) is 27.0. The molecule has 0 N–H and O–H groups in total. The predicted octanol–water partition coefficient (Wildman–Crippen LogP) is 26.3. The van der Waals surface area contributed by atoms with Gasteiger partial charge < -0.3 is 32.8 Å². The van der Waals surface area contributed by atoms with E-state index in [9.17, 15) is 14.4 Å². The Labute approximate surface area is 603 Å². The van der Waals surface area contributed by atoms with Crippen molar-refractivity contribution in [3.8, 4) is 73.6 Å². The highest BCUT2D eigenvalue weighted by Gasteiger charge is 2.45. The van der Waals surface area contributed by atoms with E-state index < -0.39 is 26.2 Å². The minimum atomic E-state index is -2.04. The summed E-state index contributed by atoms with van der Waals surface area (Å²) in [5, 5.41) is 0.107. The second-order valence-corrected chi connectivity index (χ2v) is 33.3. The Morgan fingerprint density at radius 2 is 0.560 bits per heavy atom. The van der Waals surface area contributed by atoms with Gasteiger partial charge in [-0.05, 0) is 162 Å². The summed E-state index contributed by atoms with van der Waals surface area (Å²) in [4.78, 5) is 40.8. The molecule has 11 heteroatoms. The van der Waals surface area contributed by atoms with Crippen LogP contribution in [0.2, 0.25) is 18.1 Å². The summed E-state index contributed by atoms with van der Waals surface area (Å²) < 4.78 is 44.0. The Morgan fingerprint density at radius 3 is 0.840 bits per heavy atom. The number of esters is 3. The van der Waals surface area contributed by atoms with Gasteiger partial charge in [-0.15, -0.1) is 0 Å². The lowest BCUT2D eigenvalue weighted by Gasteiger charge is -2.42. The molecule has 0 aromatic heterocycles. The maximum Gasteiger partial charge on any atom is 0.343 e. The zero-order valence-electron chi connectivity index (χ0n) is 62.5. The van der Waals surface area contributed by atoms with Crippen LogP contribution in [0.1, 0.15) is 272 Å². The largest absolute Gasteiger partial charge is 0.543 e. The summed E-state index contributed by atoms with van der Waals surface area (Å²) in [5.41, 5.74) is 6.79. The van der Waals surface area contributed by atoms with Crippen LogP contribution in [-0.4, -0.2) is 46.0 Å². The maximum absolute atomic E-state index is 14.2. The minimum absolute atomic E-state index is 0.107. The molecular weight excluding hydrogens is 1260 g/mol. The van der Waals surface area contributed by atoms with Gasteiger partial charge in [0.1, 0.15) is 23.0 Å². The van der Waals surface area contributed by atoms with Crippen molar-refractivity contribution in [2.45, 2.75) is 259 Å². The van der Waals surface area contributed by atoms with Crippen molar-refractivity contribution in [3.63, 3.8) is 0 Å². The van der Waals surface area contributed by atoms with Crippen LogP contribution in [0.5, 0.6) is 40.2 Å². The number of hydrogen-bond donors (Lipinski definition) is 0. The third-order valence-corrected chi connectivity index (χ3v) is 24.6.